The van der Waals surface area contributed by atoms with E-state index in [1.807, 2.05) is 49.4 Å². The minimum atomic E-state index is 0.371. The van der Waals surface area contributed by atoms with Crippen molar-refractivity contribution in [1.82, 2.24) is 0 Å². The molecule has 4 rings (SSSR count). The van der Waals surface area contributed by atoms with Crippen LogP contribution in [0.5, 0.6) is 5.75 Å². The first-order valence-electron chi connectivity index (χ1n) is 9.40. The van der Waals surface area contributed by atoms with Crippen molar-refractivity contribution in [3.63, 3.8) is 0 Å². The molecule has 2 nitrogen and oxygen atoms in total. The molecule has 0 aliphatic carbocycles. The first kappa shape index (κ1) is 20.7. The molecule has 4 aromatic carbocycles. The molecule has 0 saturated heterocycles. The lowest BCUT2D eigenvalue weighted by molar-refractivity contribution is 0.308. The van der Waals surface area contributed by atoms with Crippen molar-refractivity contribution in [2.75, 3.05) is 0 Å². The van der Waals surface area contributed by atoms with Gasteiger partial charge < -0.3 is 4.74 Å². The van der Waals surface area contributed by atoms with E-state index in [0.29, 0.717) is 27.4 Å². The summed E-state index contributed by atoms with van der Waals surface area (Å²) in [5, 5.41) is 3.86. The van der Waals surface area contributed by atoms with E-state index in [4.69, 9.17) is 39.5 Å². The van der Waals surface area contributed by atoms with Crippen LogP contribution in [0.2, 0.25) is 15.1 Å². The van der Waals surface area contributed by atoms with Crippen LogP contribution in [0.4, 0.5) is 5.69 Å². The number of aliphatic imine (C=N–C) groups is 1. The first-order chi connectivity index (χ1) is 14.5. The first-order valence-corrected chi connectivity index (χ1v) is 10.5. The molecule has 4 aromatic rings. The standard InChI is InChI=1S/C25H18Cl3NO/c1-16-21(26)10-5-11-24(16)29-14-17-12-22(27)25(23(28)13-17)30-15-19-8-4-7-18-6-2-3-9-20(18)19/h2-14H,15H2,1H3. The molecule has 0 heterocycles. The van der Waals surface area contributed by atoms with Crippen molar-refractivity contribution in [3.05, 3.63) is 105 Å². The Bertz CT molecular complexity index is 1220. The van der Waals surface area contributed by atoms with Gasteiger partial charge in [-0.2, -0.15) is 0 Å². The average molecular weight is 455 g/mol. The number of halogens is 3. The molecular formula is C25H18Cl3NO. The predicted octanol–water partition coefficient (Wildman–Crippen LogP) is 8.44. The predicted molar refractivity (Wildman–Crippen MR) is 128 cm³/mol. The maximum absolute atomic E-state index is 6.47. The second-order valence-electron chi connectivity index (χ2n) is 6.88. The van der Waals surface area contributed by atoms with Gasteiger partial charge in [0.1, 0.15) is 6.61 Å². The zero-order valence-corrected chi connectivity index (χ0v) is 18.5. The quantitative estimate of drug-likeness (QED) is 0.277. The lowest BCUT2D eigenvalue weighted by Gasteiger charge is -2.12. The highest BCUT2D eigenvalue weighted by molar-refractivity contribution is 6.37. The summed E-state index contributed by atoms with van der Waals surface area (Å²) in [6.07, 6.45) is 1.71. The Balaban J connectivity index is 1.55. The Kier molecular flexibility index (Phi) is 6.29. The minimum Gasteiger partial charge on any atom is -0.486 e. The van der Waals surface area contributed by atoms with E-state index < -0.39 is 0 Å². The lowest BCUT2D eigenvalue weighted by atomic mass is 10.1. The Hall–Kier alpha value is -2.52. The fraction of sp³-hybridized carbons (Fsp3) is 0.0800. The third kappa shape index (κ3) is 4.46. The van der Waals surface area contributed by atoms with Gasteiger partial charge in [0.15, 0.2) is 5.75 Å². The van der Waals surface area contributed by atoms with Gasteiger partial charge in [-0.05, 0) is 58.7 Å². The maximum atomic E-state index is 6.47. The van der Waals surface area contributed by atoms with Crippen LogP contribution >= 0.6 is 34.8 Å². The molecule has 0 saturated carbocycles. The summed E-state index contributed by atoms with van der Waals surface area (Å²) in [5.74, 6) is 0.461. The van der Waals surface area contributed by atoms with Gasteiger partial charge in [0, 0.05) is 11.2 Å². The summed E-state index contributed by atoms with van der Waals surface area (Å²) in [6, 6.07) is 23.5. The zero-order valence-electron chi connectivity index (χ0n) is 16.2. The molecule has 0 N–H and O–H groups in total. The number of hydrogen-bond acceptors (Lipinski definition) is 2. The van der Waals surface area contributed by atoms with Gasteiger partial charge in [0.2, 0.25) is 0 Å². The highest BCUT2D eigenvalue weighted by atomic mass is 35.5. The molecule has 0 fully saturated rings. The van der Waals surface area contributed by atoms with E-state index in [-0.39, 0.29) is 0 Å². The molecule has 5 heteroatoms. The fourth-order valence-electron chi connectivity index (χ4n) is 3.24. The molecule has 0 aliphatic heterocycles. The van der Waals surface area contributed by atoms with Crippen LogP contribution < -0.4 is 4.74 Å². The van der Waals surface area contributed by atoms with Crippen LogP contribution in [0.25, 0.3) is 10.8 Å². The minimum absolute atomic E-state index is 0.371. The van der Waals surface area contributed by atoms with Gasteiger partial charge >= 0.3 is 0 Å². The average Bonchev–Trinajstić information content (AvgIpc) is 2.74. The van der Waals surface area contributed by atoms with Gasteiger partial charge in [-0.25, -0.2) is 0 Å². The monoisotopic (exact) mass is 453 g/mol. The van der Waals surface area contributed by atoms with E-state index in [1.54, 1.807) is 18.3 Å². The van der Waals surface area contributed by atoms with Gasteiger partial charge in [-0.15, -0.1) is 0 Å². The Labute approximate surface area is 190 Å². The van der Waals surface area contributed by atoms with Crippen LogP contribution in [0.15, 0.2) is 77.8 Å². The van der Waals surface area contributed by atoms with Gasteiger partial charge in [0.25, 0.3) is 0 Å². The largest absolute Gasteiger partial charge is 0.486 e. The van der Waals surface area contributed by atoms with E-state index in [1.165, 1.54) is 5.39 Å². The lowest BCUT2D eigenvalue weighted by Crippen LogP contribution is -1.98. The second-order valence-corrected chi connectivity index (χ2v) is 8.10. The van der Waals surface area contributed by atoms with E-state index in [0.717, 1.165) is 27.8 Å². The van der Waals surface area contributed by atoms with E-state index in [9.17, 15) is 0 Å². The summed E-state index contributed by atoms with van der Waals surface area (Å²) in [5.41, 5.74) is 3.57. The van der Waals surface area contributed by atoms with Crippen molar-refractivity contribution < 1.29 is 4.74 Å². The Morgan fingerprint density at radius 3 is 2.33 bits per heavy atom. The summed E-state index contributed by atoms with van der Waals surface area (Å²) >= 11 is 19.1. The number of rotatable bonds is 5. The molecule has 30 heavy (non-hydrogen) atoms. The van der Waals surface area contributed by atoms with Crippen LogP contribution in [0.1, 0.15) is 16.7 Å². The summed E-state index contributed by atoms with van der Waals surface area (Å²) in [6.45, 7) is 2.30. The smallest absolute Gasteiger partial charge is 0.157 e. The highest BCUT2D eigenvalue weighted by Gasteiger charge is 2.11. The SMILES string of the molecule is Cc1c(Cl)cccc1N=Cc1cc(Cl)c(OCc2cccc3ccccc23)c(Cl)c1. The number of ether oxygens (including phenoxy) is 1. The van der Waals surface area contributed by atoms with E-state index in [2.05, 4.69) is 23.2 Å². The topological polar surface area (TPSA) is 21.6 Å². The van der Waals surface area contributed by atoms with Crippen molar-refractivity contribution >= 4 is 57.5 Å². The van der Waals surface area contributed by atoms with Crippen molar-refractivity contribution in [3.8, 4) is 5.75 Å². The molecule has 0 bridgehead atoms. The number of benzene rings is 4. The summed E-state index contributed by atoms with van der Waals surface area (Å²) in [4.78, 5) is 4.51. The summed E-state index contributed by atoms with van der Waals surface area (Å²) < 4.78 is 5.99. The Morgan fingerprint density at radius 1 is 0.833 bits per heavy atom. The van der Waals surface area contributed by atoms with Gasteiger partial charge in [0.05, 0.1) is 15.7 Å². The zero-order chi connectivity index (χ0) is 21.1. The normalized spacial score (nSPS) is 11.3. The molecule has 0 radical (unpaired) electrons. The molecule has 0 aromatic heterocycles. The molecule has 150 valence electrons. The van der Waals surface area contributed by atoms with Gasteiger partial charge in [-0.1, -0.05) is 83.3 Å². The van der Waals surface area contributed by atoms with Crippen molar-refractivity contribution in [2.24, 2.45) is 4.99 Å². The fourth-order valence-corrected chi connectivity index (χ4v) is 4.02. The number of nitrogens with zero attached hydrogens (tertiary/aromatic N) is 1. The third-order valence-corrected chi connectivity index (χ3v) is 5.84. The second kappa shape index (κ2) is 9.09. The number of hydrogen-bond donors (Lipinski definition) is 0. The maximum Gasteiger partial charge on any atom is 0.157 e. The van der Waals surface area contributed by atoms with Crippen molar-refractivity contribution in [2.45, 2.75) is 13.5 Å². The van der Waals surface area contributed by atoms with Crippen LogP contribution in [0.3, 0.4) is 0 Å². The summed E-state index contributed by atoms with van der Waals surface area (Å²) in [7, 11) is 0. The molecule has 0 spiro atoms. The third-order valence-electron chi connectivity index (χ3n) is 4.86. The van der Waals surface area contributed by atoms with E-state index >= 15 is 0 Å². The highest BCUT2D eigenvalue weighted by Crippen LogP contribution is 2.35. The number of fused-ring (bicyclic) bond motifs is 1. The molecule has 0 atom stereocenters. The molecule has 0 aliphatic rings. The molecule has 0 amide bonds. The van der Waals surface area contributed by atoms with Gasteiger partial charge in [-0.3, -0.25) is 4.99 Å². The Morgan fingerprint density at radius 2 is 1.53 bits per heavy atom. The molecule has 0 unspecified atom stereocenters. The van der Waals surface area contributed by atoms with Crippen molar-refractivity contribution in [1.29, 1.82) is 0 Å². The van der Waals surface area contributed by atoms with Crippen LogP contribution in [-0.2, 0) is 6.61 Å². The van der Waals surface area contributed by atoms with Crippen LogP contribution in [-0.4, -0.2) is 6.21 Å². The molecular weight excluding hydrogens is 437 g/mol. The van der Waals surface area contributed by atoms with Crippen LogP contribution in [0, 0.1) is 6.92 Å².